The van der Waals surface area contributed by atoms with Crippen molar-refractivity contribution in [3.8, 4) is 11.3 Å². The van der Waals surface area contributed by atoms with Gasteiger partial charge in [-0.25, -0.2) is 0 Å². The Bertz CT molecular complexity index is 621. The van der Waals surface area contributed by atoms with E-state index >= 15 is 0 Å². The van der Waals surface area contributed by atoms with Crippen molar-refractivity contribution in [1.29, 1.82) is 0 Å². The molecule has 100 valence electrons. The number of aromatic nitrogens is 4. The van der Waals surface area contributed by atoms with E-state index in [-0.39, 0.29) is 0 Å². The molecular weight excluding hydrogens is 240 g/mol. The number of hydrogen-bond acceptors (Lipinski definition) is 3. The summed E-state index contributed by atoms with van der Waals surface area (Å²) in [7, 11) is 1.88. The first kappa shape index (κ1) is 12.1. The third-order valence-corrected chi connectivity index (χ3v) is 3.88. The third-order valence-electron chi connectivity index (χ3n) is 3.88. The lowest BCUT2D eigenvalue weighted by Crippen LogP contribution is -2.07. The molecule has 0 aromatic carbocycles. The molecule has 1 aliphatic carbocycles. The van der Waals surface area contributed by atoms with E-state index in [0.717, 1.165) is 23.2 Å². The number of carbonyl (C=O) groups excluding carboxylic acids is 1. The van der Waals surface area contributed by atoms with E-state index in [0.29, 0.717) is 17.5 Å². The third kappa shape index (κ3) is 2.09. The van der Waals surface area contributed by atoms with Gasteiger partial charge in [-0.3, -0.25) is 14.2 Å². The van der Waals surface area contributed by atoms with Crippen LogP contribution in [0.1, 0.15) is 41.9 Å². The van der Waals surface area contributed by atoms with Gasteiger partial charge in [0.1, 0.15) is 5.69 Å². The quantitative estimate of drug-likeness (QED) is 0.791. The number of nitrogens with zero attached hydrogens (tertiary/aromatic N) is 4. The fourth-order valence-corrected chi connectivity index (χ4v) is 2.54. The van der Waals surface area contributed by atoms with Crippen molar-refractivity contribution >= 4 is 6.29 Å². The van der Waals surface area contributed by atoms with Gasteiger partial charge in [0.15, 0.2) is 6.29 Å². The van der Waals surface area contributed by atoms with Crippen LogP contribution in [0, 0.1) is 12.8 Å². The summed E-state index contributed by atoms with van der Waals surface area (Å²) >= 11 is 0. The Kier molecular flexibility index (Phi) is 2.77. The fourth-order valence-electron chi connectivity index (χ4n) is 2.54. The molecule has 0 aliphatic heterocycles. The average Bonchev–Trinajstić information content (AvgIpc) is 3.05. The maximum Gasteiger partial charge on any atom is 0.153 e. The Morgan fingerprint density at radius 3 is 2.63 bits per heavy atom. The topological polar surface area (TPSA) is 52.7 Å². The van der Waals surface area contributed by atoms with Gasteiger partial charge in [0.25, 0.3) is 0 Å². The summed E-state index contributed by atoms with van der Waals surface area (Å²) in [5.74, 6) is 0.710. The molecule has 1 atom stereocenters. The molecule has 2 aromatic heterocycles. The molecule has 2 aromatic rings. The molecule has 0 saturated heterocycles. The van der Waals surface area contributed by atoms with Gasteiger partial charge in [-0.05, 0) is 32.6 Å². The van der Waals surface area contributed by atoms with Crippen LogP contribution in [-0.4, -0.2) is 25.8 Å². The molecule has 19 heavy (non-hydrogen) atoms. The Balaban J connectivity index is 2.04. The lowest BCUT2D eigenvalue weighted by molar-refractivity contribution is 0.112. The van der Waals surface area contributed by atoms with Crippen molar-refractivity contribution in [2.75, 3.05) is 0 Å². The number of aryl methyl sites for hydroxylation is 2. The maximum absolute atomic E-state index is 11.3. The molecule has 5 heteroatoms. The zero-order valence-electron chi connectivity index (χ0n) is 11.5. The van der Waals surface area contributed by atoms with Crippen LogP contribution in [0.2, 0.25) is 0 Å². The highest BCUT2D eigenvalue weighted by molar-refractivity contribution is 5.85. The summed E-state index contributed by atoms with van der Waals surface area (Å²) in [6, 6.07) is 0.365. The number of carbonyl (C=O) groups is 1. The number of hydrogen-bond donors (Lipinski definition) is 0. The predicted octanol–water partition coefficient (Wildman–Crippen LogP) is 2.38. The van der Waals surface area contributed by atoms with Crippen molar-refractivity contribution in [2.24, 2.45) is 13.0 Å². The van der Waals surface area contributed by atoms with Gasteiger partial charge < -0.3 is 0 Å². The van der Waals surface area contributed by atoms with Crippen LogP contribution < -0.4 is 0 Å². The highest BCUT2D eigenvalue weighted by atomic mass is 16.1. The zero-order chi connectivity index (χ0) is 13.6. The molecular formula is C14H18N4O. The smallest absolute Gasteiger partial charge is 0.153 e. The van der Waals surface area contributed by atoms with Crippen LogP contribution in [0.5, 0.6) is 0 Å². The molecule has 0 amide bonds. The summed E-state index contributed by atoms with van der Waals surface area (Å²) in [5.41, 5.74) is 3.22. The zero-order valence-corrected chi connectivity index (χ0v) is 11.5. The van der Waals surface area contributed by atoms with E-state index in [4.69, 9.17) is 0 Å². The Labute approximate surface area is 112 Å². The molecule has 1 unspecified atom stereocenters. The van der Waals surface area contributed by atoms with Crippen molar-refractivity contribution in [2.45, 2.75) is 32.7 Å². The minimum atomic E-state index is 0.365. The van der Waals surface area contributed by atoms with E-state index in [1.807, 2.05) is 31.0 Å². The van der Waals surface area contributed by atoms with Crippen molar-refractivity contribution in [3.63, 3.8) is 0 Å². The second-order valence-electron chi connectivity index (χ2n) is 5.41. The van der Waals surface area contributed by atoms with E-state index in [1.165, 1.54) is 12.8 Å². The Hall–Kier alpha value is -1.91. The van der Waals surface area contributed by atoms with Gasteiger partial charge >= 0.3 is 0 Å². The minimum Gasteiger partial charge on any atom is -0.298 e. The summed E-state index contributed by atoms with van der Waals surface area (Å²) in [6.45, 7) is 4.10. The monoisotopic (exact) mass is 258 g/mol. The first-order valence-corrected chi connectivity index (χ1v) is 6.65. The molecule has 1 fully saturated rings. The summed E-state index contributed by atoms with van der Waals surface area (Å²) < 4.78 is 3.69. The molecule has 2 heterocycles. The van der Waals surface area contributed by atoms with Crippen molar-refractivity contribution < 1.29 is 4.79 Å². The van der Waals surface area contributed by atoms with Crippen LogP contribution in [0.25, 0.3) is 11.3 Å². The number of rotatable bonds is 4. The first-order valence-electron chi connectivity index (χ1n) is 6.65. The van der Waals surface area contributed by atoms with Crippen molar-refractivity contribution in [1.82, 2.24) is 19.6 Å². The lowest BCUT2D eigenvalue weighted by atomic mass is 10.1. The summed E-state index contributed by atoms with van der Waals surface area (Å²) in [5, 5.41) is 8.93. The van der Waals surface area contributed by atoms with Gasteiger partial charge in [0.05, 0.1) is 17.3 Å². The van der Waals surface area contributed by atoms with E-state index in [1.54, 1.807) is 4.68 Å². The van der Waals surface area contributed by atoms with Crippen LogP contribution in [0.4, 0.5) is 0 Å². The SMILES string of the molecule is Cc1nn(C)cc1-c1nn(C(C)C2CC2)cc1C=O. The Morgan fingerprint density at radius 1 is 1.37 bits per heavy atom. The van der Waals surface area contributed by atoms with Crippen LogP contribution in [-0.2, 0) is 7.05 Å². The summed E-state index contributed by atoms with van der Waals surface area (Å²) in [4.78, 5) is 11.3. The van der Waals surface area contributed by atoms with Gasteiger partial charge in [0, 0.05) is 25.0 Å². The molecule has 5 nitrogen and oxygen atoms in total. The fraction of sp³-hybridized carbons (Fsp3) is 0.500. The standard InChI is InChI=1S/C14H18N4O/c1-9-13(7-17(3)15-9)14-12(8-19)6-18(16-14)10(2)11-4-5-11/h6-8,10-11H,4-5H2,1-3H3. The van der Waals surface area contributed by atoms with Crippen LogP contribution >= 0.6 is 0 Å². The average molecular weight is 258 g/mol. The highest BCUT2D eigenvalue weighted by Gasteiger charge is 2.30. The molecule has 1 aliphatic rings. The van der Waals surface area contributed by atoms with Gasteiger partial charge in [-0.15, -0.1) is 0 Å². The molecule has 0 N–H and O–H groups in total. The van der Waals surface area contributed by atoms with E-state index < -0.39 is 0 Å². The lowest BCUT2D eigenvalue weighted by Gasteiger charge is -2.09. The molecule has 0 spiro atoms. The second kappa shape index (κ2) is 4.33. The normalized spacial score (nSPS) is 16.6. The molecule has 0 bridgehead atoms. The highest BCUT2D eigenvalue weighted by Crippen LogP contribution is 2.39. The molecule has 1 saturated carbocycles. The first-order chi connectivity index (χ1) is 9.10. The molecule has 0 radical (unpaired) electrons. The number of aldehydes is 1. The van der Waals surface area contributed by atoms with Crippen molar-refractivity contribution in [3.05, 3.63) is 23.7 Å². The minimum absolute atomic E-state index is 0.365. The van der Waals surface area contributed by atoms with Crippen LogP contribution in [0.15, 0.2) is 12.4 Å². The second-order valence-corrected chi connectivity index (χ2v) is 5.41. The Morgan fingerprint density at radius 2 is 2.11 bits per heavy atom. The van der Waals surface area contributed by atoms with Crippen LogP contribution in [0.3, 0.4) is 0 Å². The van der Waals surface area contributed by atoms with Gasteiger partial charge in [0.2, 0.25) is 0 Å². The van der Waals surface area contributed by atoms with E-state index in [9.17, 15) is 4.79 Å². The molecule has 3 rings (SSSR count). The van der Waals surface area contributed by atoms with Gasteiger partial charge in [-0.1, -0.05) is 0 Å². The maximum atomic E-state index is 11.3. The van der Waals surface area contributed by atoms with E-state index in [2.05, 4.69) is 17.1 Å². The predicted molar refractivity (Wildman–Crippen MR) is 72.0 cm³/mol. The summed E-state index contributed by atoms with van der Waals surface area (Å²) in [6.07, 6.45) is 7.18. The largest absolute Gasteiger partial charge is 0.298 e. The van der Waals surface area contributed by atoms with Gasteiger partial charge in [-0.2, -0.15) is 10.2 Å².